The van der Waals surface area contributed by atoms with Crippen molar-refractivity contribution in [3.8, 4) is 0 Å². The van der Waals surface area contributed by atoms with Gasteiger partial charge in [-0.1, -0.05) is 12.8 Å². The summed E-state index contributed by atoms with van der Waals surface area (Å²) >= 11 is 0. The highest BCUT2D eigenvalue weighted by atomic mass is 16.4. The molecule has 0 radical (unpaired) electrons. The molecule has 5 heteroatoms. The second-order valence-corrected chi connectivity index (χ2v) is 4.83. The van der Waals surface area contributed by atoms with Gasteiger partial charge in [-0.15, -0.1) is 0 Å². The van der Waals surface area contributed by atoms with Crippen molar-refractivity contribution < 1.29 is 9.90 Å². The molecule has 0 amide bonds. The minimum atomic E-state index is -0.944. The fraction of sp³-hybridized carbons (Fsp3) is 0.538. The van der Waals surface area contributed by atoms with Crippen molar-refractivity contribution in [1.29, 1.82) is 0 Å². The molecule has 0 saturated heterocycles. The smallest absolute Gasteiger partial charge is 0.337 e. The highest BCUT2D eigenvalue weighted by Gasteiger charge is 2.22. The number of nitrogens with one attached hydrogen (secondary N) is 1. The van der Waals surface area contributed by atoms with Gasteiger partial charge in [0, 0.05) is 12.1 Å². The molecule has 5 nitrogen and oxygen atoms in total. The average Bonchev–Trinajstić information content (AvgIpc) is 2.32. The first kappa shape index (κ1) is 12.8. The van der Waals surface area contributed by atoms with Gasteiger partial charge in [-0.25, -0.2) is 9.78 Å². The van der Waals surface area contributed by atoms with Crippen LogP contribution in [-0.2, 0) is 0 Å². The molecule has 4 N–H and O–H groups in total. The summed E-state index contributed by atoms with van der Waals surface area (Å²) in [5.74, 6) is -0.235. The van der Waals surface area contributed by atoms with Gasteiger partial charge in [-0.2, -0.15) is 0 Å². The largest absolute Gasteiger partial charge is 0.478 e. The van der Waals surface area contributed by atoms with E-state index in [1.54, 1.807) is 19.1 Å². The van der Waals surface area contributed by atoms with Gasteiger partial charge in [0.25, 0.3) is 0 Å². The van der Waals surface area contributed by atoms with Gasteiger partial charge in [0.2, 0.25) is 0 Å². The first-order chi connectivity index (χ1) is 8.58. The molecule has 1 fully saturated rings. The van der Waals surface area contributed by atoms with Crippen LogP contribution in [0.1, 0.15) is 41.7 Å². The number of carboxylic acids is 1. The van der Waals surface area contributed by atoms with Gasteiger partial charge >= 0.3 is 5.97 Å². The number of aromatic nitrogens is 1. The molecule has 1 aromatic rings. The predicted molar refractivity (Wildman–Crippen MR) is 69.8 cm³/mol. The van der Waals surface area contributed by atoms with E-state index in [0.29, 0.717) is 11.5 Å². The van der Waals surface area contributed by atoms with E-state index in [0.717, 1.165) is 12.8 Å². The van der Waals surface area contributed by atoms with E-state index in [-0.39, 0.29) is 17.6 Å². The molecule has 1 aliphatic rings. The molecule has 1 aliphatic carbocycles. The third kappa shape index (κ3) is 2.79. The van der Waals surface area contributed by atoms with Crippen LogP contribution < -0.4 is 11.1 Å². The molecule has 1 aromatic heterocycles. The molecule has 0 aliphatic heterocycles. The minimum Gasteiger partial charge on any atom is -0.478 e. The Labute approximate surface area is 106 Å². The minimum absolute atomic E-state index is 0.153. The molecule has 0 spiro atoms. The Hall–Kier alpha value is -1.62. The predicted octanol–water partition coefficient (Wildman–Crippen LogP) is 1.77. The molecule has 98 valence electrons. The van der Waals surface area contributed by atoms with Crippen LogP contribution in [0.2, 0.25) is 0 Å². The number of pyridine rings is 1. The van der Waals surface area contributed by atoms with E-state index in [4.69, 9.17) is 10.8 Å². The number of aromatic carboxylic acids is 1. The molecule has 2 unspecified atom stereocenters. The van der Waals surface area contributed by atoms with Crippen LogP contribution in [0, 0.1) is 6.92 Å². The van der Waals surface area contributed by atoms with Crippen LogP contribution in [0.3, 0.4) is 0 Å². The van der Waals surface area contributed by atoms with Crippen LogP contribution in [0.25, 0.3) is 0 Å². The normalized spacial score (nSPS) is 23.7. The highest BCUT2D eigenvalue weighted by Crippen LogP contribution is 2.21. The fourth-order valence-corrected chi connectivity index (χ4v) is 2.40. The van der Waals surface area contributed by atoms with Gasteiger partial charge in [0.1, 0.15) is 5.82 Å². The van der Waals surface area contributed by atoms with Crippen molar-refractivity contribution in [2.75, 3.05) is 5.32 Å². The number of hydrogen-bond donors (Lipinski definition) is 3. The van der Waals surface area contributed by atoms with Crippen molar-refractivity contribution in [3.63, 3.8) is 0 Å². The summed E-state index contributed by atoms with van der Waals surface area (Å²) in [6, 6.07) is 3.68. The van der Waals surface area contributed by atoms with Gasteiger partial charge < -0.3 is 16.2 Å². The Bertz CT molecular complexity index is 448. The number of carboxylic acid groups (broad SMARTS) is 1. The Morgan fingerprint density at radius 3 is 2.78 bits per heavy atom. The second-order valence-electron chi connectivity index (χ2n) is 4.83. The SMILES string of the molecule is Cc1nc(NC2CCCCC2N)ccc1C(=O)O. The lowest BCUT2D eigenvalue weighted by Gasteiger charge is -2.29. The molecule has 1 saturated carbocycles. The number of hydrogen-bond acceptors (Lipinski definition) is 4. The molecule has 2 atom stereocenters. The summed E-state index contributed by atoms with van der Waals surface area (Å²) < 4.78 is 0. The van der Waals surface area contributed by atoms with E-state index in [2.05, 4.69) is 10.3 Å². The molecule has 0 bridgehead atoms. The van der Waals surface area contributed by atoms with E-state index < -0.39 is 5.97 Å². The maximum atomic E-state index is 10.9. The molecular weight excluding hydrogens is 230 g/mol. The van der Waals surface area contributed by atoms with Gasteiger partial charge in [0.05, 0.1) is 11.3 Å². The number of nitrogens with two attached hydrogens (primary N) is 1. The zero-order valence-corrected chi connectivity index (χ0v) is 10.5. The van der Waals surface area contributed by atoms with Gasteiger partial charge in [0.15, 0.2) is 0 Å². The maximum Gasteiger partial charge on any atom is 0.337 e. The number of nitrogens with zero attached hydrogens (tertiary/aromatic N) is 1. The van der Waals surface area contributed by atoms with Crippen molar-refractivity contribution >= 4 is 11.8 Å². The zero-order valence-electron chi connectivity index (χ0n) is 10.5. The first-order valence-corrected chi connectivity index (χ1v) is 6.31. The van der Waals surface area contributed by atoms with Crippen LogP contribution in [-0.4, -0.2) is 28.1 Å². The van der Waals surface area contributed by atoms with Gasteiger partial charge in [-0.3, -0.25) is 0 Å². The Balaban J connectivity index is 2.10. The van der Waals surface area contributed by atoms with Crippen molar-refractivity contribution in [1.82, 2.24) is 4.98 Å². The summed E-state index contributed by atoms with van der Waals surface area (Å²) in [6.45, 7) is 1.70. The summed E-state index contributed by atoms with van der Waals surface area (Å²) in [5.41, 5.74) is 6.83. The van der Waals surface area contributed by atoms with E-state index in [9.17, 15) is 4.79 Å². The zero-order chi connectivity index (χ0) is 13.1. The van der Waals surface area contributed by atoms with Gasteiger partial charge in [-0.05, 0) is 31.9 Å². The number of anilines is 1. The van der Waals surface area contributed by atoms with E-state index in [1.807, 2.05) is 0 Å². The third-order valence-electron chi connectivity index (χ3n) is 3.47. The summed E-state index contributed by atoms with van der Waals surface area (Å²) in [4.78, 5) is 15.2. The molecular formula is C13H19N3O2. The lowest BCUT2D eigenvalue weighted by Crippen LogP contribution is -2.42. The lowest BCUT2D eigenvalue weighted by atomic mass is 9.91. The first-order valence-electron chi connectivity index (χ1n) is 6.31. The van der Waals surface area contributed by atoms with Crippen molar-refractivity contribution in [2.45, 2.75) is 44.7 Å². The molecule has 0 aromatic carbocycles. The summed E-state index contributed by atoms with van der Waals surface area (Å²) in [6.07, 6.45) is 4.44. The Kier molecular flexibility index (Phi) is 3.81. The monoisotopic (exact) mass is 249 g/mol. The van der Waals surface area contributed by atoms with E-state index >= 15 is 0 Å². The maximum absolute atomic E-state index is 10.9. The number of carbonyl (C=O) groups is 1. The summed E-state index contributed by atoms with van der Waals surface area (Å²) in [7, 11) is 0. The summed E-state index contributed by atoms with van der Waals surface area (Å²) in [5, 5.41) is 12.2. The van der Waals surface area contributed by atoms with Crippen LogP contribution in [0.4, 0.5) is 5.82 Å². The molecule has 2 rings (SSSR count). The number of rotatable bonds is 3. The fourth-order valence-electron chi connectivity index (χ4n) is 2.40. The third-order valence-corrected chi connectivity index (χ3v) is 3.47. The molecule has 1 heterocycles. The number of aryl methyl sites for hydroxylation is 1. The second kappa shape index (κ2) is 5.35. The quantitative estimate of drug-likeness (QED) is 0.759. The van der Waals surface area contributed by atoms with Crippen LogP contribution in [0.15, 0.2) is 12.1 Å². The van der Waals surface area contributed by atoms with Crippen LogP contribution in [0.5, 0.6) is 0 Å². The Morgan fingerprint density at radius 1 is 1.44 bits per heavy atom. The molecule has 18 heavy (non-hydrogen) atoms. The van der Waals surface area contributed by atoms with Crippen molar-refractivity contribution in [2.24, 2.45) is 5.73 Å². The Morgan fingerprint density at radius 2 is 2.17 bits per heavy atom. The average molecular weight is 249 g/mol. The van der Waals surface area contributed by atoms with E-state index in [1.165, 1.54) is 12.8 Å². The topological polar surface area (TPSA) is 88.2 Å². The van der Waals surface area contributed by atoms with Crippen molar-refractivity contribution in [3.05, 3.63) is 23.4 Å². The standard InChI is InChI=1S/C13H19N3O2/c1-8-9(13(17)18)6-7-12(15-8)16-11-5-3-2-4-10(11)14/h6-7,10-11H,2-5,14H2,1H3,(H,15,16)(H,17,18). The van der Waals surface area contributed by atoms with Crippen LogP contribution >= 0.6 is 0 Å². The highest BCUT2D eigenvalue weighted by molar-refractivity contribution is 5.89. The lowest BCUT2D eigenvalue weighted by molar-refractivity contribution is 0.0695.